The van der Waals surface area contributed by atoms with Crippen LogP contribution in [0, 0.1) is 0 Å². The molecule has 7 heteroatoms. The number of aromatic nitrogens is 1. The molecule has 0 saturated carbocycles. The van der Waals surface area contributed by atoms with Gasteiger partial charge in [-0.2, -0.15) is 0 Å². The lowest BCUT2D eigenvalue weighted by atomic mass is 10.0. The van der Waals surface area contributed by atoms with E-state index in [1.54, 1.807) is 49.6 Å². The predicted molar refractivity (Wildman–Crippen MR) is 103 cm³/mol. The van der Waals surface area contributed by atoms with E-state index in [4.69, 9.17) is 9.47 Å². The van der Waals surface area contributed by atoms with Crippen LogP contribution >= 0.6 is 0 Å². The van der Waals surface area contributed by atoms with Crippen LogP contribution in [0.1, 0.15) is 15.9 Å². The highest BCUT2D eigenvalue weighted by Gasteiger charge is 2.13. The predicted octanol–water partition coefficient (Wildman–Crippen LogP) is 3.76. The van der Waals surface area contributed by atoms with Crippen LogP contribution in [0.5, 0.6) is 17.4 Å². The number of carboxylic acids is 1. The van der Waals surface area contributed by atoms with Crippen LogP contribution in [0.3, 0.4) is 0 Å². The van der Waals surface area contributed by atoms with Crippen LogP contribution in [0.4, 0.5) is 5.69 Å². The molecule has 0 unspecified atom stereocenters. The van der Waals surface area contributed by atoms with Gasteiger partial charge in [0.1, 0.15) is 0 Å². The summed E-state index contributed by atoms with van der Waals surface area (Å²) in [6.45, 7) is 0. The van der Waals surface area contributed by atoms with E-state index in [9.17, 15) is 14.7 Å². The zero-order valence-corrected chi connectivity index (χ0v) is 15.1. The van der Waals surface area contributed by atoms with E-state index in [1.807, 2.05) is 12.1 Å². The molecule has 28 heavy (non-hydrogen) atoms. The minimum Gasteiger partial charge on any atom is -0.493 e. The average molecular weight is 378 g/mol. The molecule has 0 atom stereocenters. The van der Waals surface area contributed by atoms with Crippen LogP contribution in [-0.2, 0) is 11.2 Å². The van der Waals surface area contributed by atoms with Crippen LogP contribution < -0.4 is 14.8 Å². The minimum absolute atomic E-state index is 0.0536. The molecule has 3 rings (SSSR count). The Hall–Kier alpha value is -3.87. The van der Waals surface area contributed by atoms with E-state index >= 15 is 0 Å². The molecule has 0 aliphatic rings. The van der Waals surface area contributed by atoms with Crippen LogP contribution in [-0.4, -0.2) is 29.1 Å². The second-order valence-electron chi connectivity index (χ2n) is 5.83. The van der Waals surface area contributed by atoms with Crippen molar-refractivity contribution in [2.24, 2.45) is 0 Å². The SMILES string of the molecule is COc1ccccc1Oc1ccc(NC(=O)Cc2ccccc2C(=O)O)cn1. The van der Waals surface area contributed by atoms with Gasteiger partial charge in [-0.15, -0.1) is 0 Å². The van der Waals surface area contributed by atoms with E-state index in [1.165, 1.54) is 12.3 Å². The molecule has 1 heterocycles. The Bertz CT molecular complexity index is 986. The van der Waals surface area contributed by atoms with Crippen molar-refractivity contribution in [1.29, 1.82) is 0 Å². The van der Waals surface area contributed by atoms with Crippen LogP contribution in [0.15, 0.2) is 66.9 Å². The zero-order chi connectivity index (χ0) is 19.9. The first-order valence-corrected chi connectivity index (χ1v) is 8.45. The van der Waals surface area contributed by atoms with Crippen molar-refractivity contribution in [2.45, 2.75) is 6.42 Å². The first-order valence-electron chi connectivity index (χ1n) is 8.45. The molecule has 1 amide bonds. The fourth-order valence-electron chi connectivity index (χ4n) is 2.59. The summed E-state index contributed by atoms with van der Waals surface area (Å²) in [6.07, 6.45) is 1.41. The number of nitrogens with one attached hydrogen (secondary N) is 1. The maximum absolute atomic E-state index is 12.2. The first-order chi connectivity index (χ1) is 13.6. The van der Waals surface area contributed by atoms with E-state index in [2.05, 4.69) is 10.3 Å². The lowest BCUT2D eigenvalue weighted by Crippen LogP contribution is -2.16. The number of anilines is 1. The Balaban J connectivity index is 1.64. The summed E-state index contributed by atoms with van der Waals surface area (Å²) in [5, 5.41) is 11.9. The number of rotatable bonds is 7. The summed E-state index contributed by atoms with van der Waals surface area (Å²) in [6, 6.07) is 16.9. The number of benzene rings is 2. The maximum atomic E-state index is 12.2. The highest BCUT2D eigenvalue weighted by Crippen LogP contribution is 2.30. The fourth-order valence-corrected chi connectivity index (χ4v) is 2.59. The number of carbonyl (C=O) groups excluding carboxylic acids is 1. The molecule has 0 aliphatic carbocycles. The van der Waals surface area contributed by atoms with Crippen molar-refractivity contribution in [3.05, 3.63) is 78.0 Å². The number of hydrogen-bond donors (Lipinski definition) is 2. The lowest BCUT2D eigenvalue weighted by Gasteiger charge is -2.10. The lowest BCUT2D eigenvalue weighted by molar-refractivity contribution is -0.115. The van der Waals surface area contributed by atoms with Crippen molar-refractivity contribution in [3.8, 4) is 17.4 Å². The van der Waals surface area contributed by atoms with Crippen molar-refractivity contribution in [1.82, 2.24) is 4.98 Å². The van der Waals surface area contributed by atoms with E-state index in [0.29, 0.717) is 28.6 Å². The number of carboxylic acid groups (broad SMARTS) is 1. The Kier molecular flexibility index (Phi) is 5.86. The monoisotopic (exact) mass is 378 g/mol. The molecule has 0 aliphatic heterocycles. The van der Waals surface area contributed by atoms with Crippen LogP contribution in [0.2, 0.25) is 0 Å². The number of para-hydroxylation sites is 2. The average Bonchev–Trinajstić information content (AvgIpc) is 2.70. The molecule has 2 aromatic carbocycles. The smallest absolute Gasteiger partial charge is 0.335 e. The van der Waals surface area contributed by atoms with Crippen molar-refractivity contribution >= 4 is 17.6 Å². The number of pyridine rings is 1. The second-order valence-corrected chi connectivity index (χ2v) is 5.83. The van der Waals surface area contributed by atoms with Gasteiger partial charge in [0, 0.05) is 6.07 Å². The van der Waals surface area contributed by atoms with Crippen molar-refractivity contribution in [2.75, 3.05) is 12.4 Å². The van der Waals surface area contributed by atoms with Crippen molar-refractivity contribution in [3.63, 3.8) is 0 Å². The van der Waals surface area contributed by atoms with Gasteiger partial charge < -0.3 is 19.9 Å². The largest absolute Gasteiger partial charge is 0.493 e. The molecular formula is C21H18N2O5. The number of nitrogens with zero attached hydrogens (tertiary/aromatic N) is 1. The maximum Gasteiger partial charge on any atom is 0.335 e. The molecule has 0 fully saturated rings. The number of methoxy groups -OCH3 is 1. The van der Waals surface area contributed by atoms with Gasteiger partial charge in [-0.05, 0) is 29.8 Å². The highest BCUT2D eigenvalue weighted by molar-refractivity contribution is 5.95. The Morgan fingerprint density at radius 1 is 1.00 bits per heavy atom. The molecule has 0 bridgehead atoms. The quantitative estimate of drug-likeness (QED) is 0.650. The molecule has 2 N–H and O–H groups in total. The van der Waals surface area contributed by atoms with E-state index in [0.717, 1.165) is 0 Å². The topological polar surface area (TPSA) is 97.8 Å². The van der Waals surface area contributed by atoms with Gasteiger partial charge in [0.15, 0.2) is 11.5 Å². The highest BCUT2D eigenvalue weighted by atomic mass is 16.5. The molecule has 0 spiro atoms. The molecular weight excluding hydrogens is 360 g/mol. The first kappa shape index (κ1) is 18.9. The van der Waals surface area contributed by atoms with Gasteiger partial charge in [-0.1, -0.05) is 30.3 Å². The fraction of sp³-hybridized carbons (Fsp3) is 0.0952. The third-order valence-corrected chi connectivity index (χ3v) is 3.90. The summed E-state index contributed by atoms with van der Waals surface area (Å²) in [7, 11) is 1.55. The van der Waals surface area contributed by atoms with Crippen LogP contribution in [0.25, 0.3) is 0 Å². The molecule has 7 nitrogen and oxygen atoms in total. The summed E-state index contributed by atoms with van der Waals surface area (Å²) >= 11 is 0. The Morgan fingerprint density at radius 2 is 1.71 bits per heavy atom. The minimum atomic E-state index is -1.07. The summed E-state index contributed by atoms with van der Waals surface area (Å²) < 4.78 is 10.9. The second kappa shape index (κ2) is 8.68. The third-order valence-electron chi connectivity index (χ3n) is 3.90. The molecule has 0 radical (unpaired) electrons. The standard InChI is InChI=1S/C21H18N2O5/c1-27-17-8-4-5-9-18(17)28-20-11-10-15(13-22-20)23-19(24)12-14-6-2-3-7-16(14)21(25)26/h2-11,13H,12H2,1H3,(H,23,24)(H,25,26). The summed E-state index contributed by atoms with van der Waals surface area (Å²) in [4.78, 5) is 27.6. The van der Waals surface area contributed by atoms with E-state index in [-0.39, 0.29) is 17.9 Å². The molecule has 142 valence electrons. The Morgan fingerprint density at radius 3 is 2.39 bits per heavy atom. The number of ether oxygens (including phenoxy) is 2. The number of carbonyl (C=O) groups is 2. The number of hydrogen-bond acceptors (Lipinski definition) is 5. The normalized spacial score (nSPS) is 10.2. The van der Waals surface area contributed by atoms with Gasteiger partial charge in [-0.25, -0.2) is 9.78 Å². The molecule has 3 aromatic rings. The number of amides is 1. The van der Waals surface area contributed by atoms with Gasteiger partial charge in [0.05, 0.1) is 31.0 Å². The third kappa shape index (κ3) is 4.64. The van der Waals surface area contributed by atoms with Gasteiger partial charge in [0.2, 0.25) is 11.8 Å². The van der Waals surface area contributed by atoms with E-state index < -0.39 is 5.97 Å². The summed E-state index contributed by atoms with van der Waals surface area (Å²) in [5.41, 5.74) is 1.03. The number of aromatic carboxylic acids is 1. The van der Waals surface area contributed by atoms with Gasteiger partial charge >= 0.3 is 5.97 Å². The van der Waals surface area contributed by atoms with Crippen molar-refractivity contribution < 1.29 is 24.2 Å². The molecule has 0 saturated heterocycles. The Labute approximate surface area is 161 Å². The zero-order valence-electron chi connectivity index (χ0n) is 15.1. The summed E-state index contributed by atoms with van der Waals surface area (Å²) in [5.74, 6) is 0.0499. The van der Waals surface area contributed by atoms with Gasteiger partial charge in [0.25, 0.3) is 0 Å². The molecule has 1 aromatic heterocycles. The van der Waals surface area contributed by atoms with Gasteiger partial charge in [-0.3, -0.25) is 4.79 Å².